The second-order valence-corrected chi connectivity index (χ2v) is 14.0. The molecule has 0 heterocycles. The van der Waals surface area contributed by atoms with Gasteiger partial charge in [-0.3, -0.25) is 13.9 Å². The van der Waals surface area contributed by atoms with Crippen LogP contribution in [0.15, 0.2) is 102 Å². The molecule has 2 amide bonds. The number of hydrogen-bond donors (Lipinski definition) is 1. The maximum Gasteiger partial charge on any atom is 0.264 e. The van der Waals surface area contributed by atoms with Crippen molar-refractivity contribution in [3.8, 4) is 0 Å². The molecule has 7 nitrogen and oxygen atoms in total. The van der Waals surface area contributed by atoms with Crippen LogP contribution in [-0.2, 0) is 32.6 Å². The van der Waals surface area contributed by atoms with E-state index in [0.717, 1.165) is 9.87 Å². The van der Waals surface area contributed by atoms with E-state index in [1.54, 1.807) is 49.4 Å². The van der Waals surface area contributed by atoms with Crippen LogP contribution >= 0.6 is 34.8 Å². The summed E-state index contributed by atoms with van der Waals surface area (Å²) in [7, 11) is -4.24. The van der Waals surface area contributed by atoms with E-state index < -0.39 is 28.5 Å². The van der Waals surface area contributed by atoms with Gasteiger partial charge in [0.25, 0.3) is 10.0 Å². The Balaban J connectivity index is 1.83. The van der Waals surface area contributed by atoms with Gasteiger partial charge in [0.1, 0.15) is 12.6 Å². The first-order chi connectivity index (χ1) is 21.4. The van der Waals surface area contributed by atoms with Gasteiger partial charge in [-0.2, -0.15) is 0 Å². The van der Waals surface area contributed by atoms with E-state index >= 15 is 0 Å². The van der Waals surface area contributed by atoms with Crippen molar-refractivity contribution in [1.82, 2.24) is 10.2 Å². The number of rotatable bonds is 12. The SMILES string of the molecule is Cc1ccccc1N(CC(=O)N(Cc1ccc(Cl)c(Cl)c1)[C@@H](Cc1ccccc1)C(=O)NC(C)C)S(=O)(=O)c1ccc(Cl)cc1. The van der Waals surface area contributed by atoms with Crippen LogP contribution in [0.2, 0.25) is 15.1 Å². The highest BCUT2D eigenvalue weighted by Gasteiger charge is 2.35. The molecule has 1 N–H and O–H groups in total. The topological polar surface area (TPSA) is 86.8 Å². The maximum atomic E-state index is 14.5. The summed E-state index contributed by atoms with van der Waals surface area (Å²) in [6.45, 7) is 4.84. The average Bonchev–Trinajstić information content (AvgIpc) is 3.00. The maximum absolute atomic E-state index is 14.5. The van der Waals surface area contributed by atoms with Gasteiger partial charge in [0.15, 0.2) is 0 Å². The Bertz CT molecular complexity index is 1750. The van der Waals surface area contributed by atoms with Gasteiger partial charge in [-0.25, -0.2) is 8.42 Å². The van der Waals surface area contributed by atoms with Gasteiger partial charge in [0, 0.05) is 24.0 Å². The number of nitrogens with one attached hydrogen (secondary N) is 1. The first-order valence-corrected chi connectivity index (χ1v) is 16.9. The van der Waals surface area contributed by atoms with Gasteiger partial charge in [-0.1, -0.05) is 89.4 Å². The lowest BCUT2D eigenvalue weighted by Gasteiger charge is -2.34. The second kappa shape index (κ2) is 15.1. The number of nitrogens with zero attached hydrogens (tertiary/aromatic N) is 2. The van der Waals surface area contributed by atoms with E-state index in [9.17, 15) is 18.0 Å². The van der Waals surface area contributed by atoms with Crippen molar-refractivity contribution in [2.75, 3.05) is 10.8 Å². The lowest BCUT2D eigenvalue weighted by atomic mass is 10.0. The van der Waals surface area contributed by atoms with Crippen molar-refractivity contribution in [2.24, 2.45) is 0 Å². The van der Waals surface area contributed by atoms with Gasteiger partial charge >= 0.3 is 0 Å². The molecular weight excluding hydrogens is 653 g/mol. The molecule has 1 atom stereocenters. The molecule has 4 rings (SSSR count). The highest BCUT2D eigenvalue weighted by atomic mass is 35.5. The molecule has 0 saturated carbocycles. The minimum atomic E-state index is -4.24. The number of hydrogen-bond acceptors (Lipinski definition) is 4. The normalized spacial score (nSPS) is 12.1. The molecule has 0 bridgehead atoms. The Kier molecular flexibility index (Phi) is 11.6. The third-order valence-corrected chi connectivity index (χ3v) is 9.87. The minimum absolute atomic E-state index is 0.0264. The summed E-state index contributed by atoms with van der Waals surface area (Å²) in [6, 6.07) is 25.8. The van der Waals surface area contributed by atoms with E-state index in [0.29, 0.717) is 31.9 Å². The largest absolute Gasteiger partial charge is 0.352 e. The number of anilines is 1. The van der Waals surface area contributed by atoms with Crippen LogP contribution in [0.3, 0.4) is 0 Å². The quantitative estimate of drug-likeness (QED) is 0.169. The van der Waals surface area contributed by atoms with Gasteiger partial charge in [0.2, 0.25) is 11.8 Å². The molecule has 0 radical (unpaired) electrons. The zero-order valence-corrected chi connectivity index (χ0v) is 28.2. The molecule has 11 heteroatoms. The van der Waals surface area contributed by atoms with Crippen molar-refractivity contribution < 1.29 is 18.0 Å². The van der Waals surface area contributed by atoms with Gasteiger partial charge in [-0.15, -0.1) is 0 Å². The molecular formula is C34H34Cl3N3O4S. The van der Waals surface area contributed by atoms with Crippen molar-refractivity contribution in [3.05, 3.63) is 129 Å². The predicted molar refractivity (Wildman–Crippen MR) is 181 cm³/mol. The molecule has 45 heavy (non-hydrogen) atoms. The zero-order chi connectivity index (χ0) is 32.7. The monoisotopic (exact) mass is 685 g/mol. The fourth-order valence-electron chi connectivity index (χ4n) is 4.86. The molecule has 0 saturated heterocycles. The summed E-state index contributed by atoms with van der Waals surface area (Å²) < 4.78 is 29.4. The Hall–Kier alpha value is -3.56. The lowest BCUT2D eigenvalue weighted by molar-refractivity contribution is -0.140. The Morgan fingerprint density at radius 1 is 0.800 bits per heavy atom. The van der Waals surface area contributed by atoms with Crippen LogP contribution in [-0.4, -0.2) is 43.8 Å². The molecule has 4 aromatic carbocycles. The van der Waals surface area contributed by atoms with E-state index in [1.807, 2.05) is 44.2 Å². The highest BCUT2D eigenvalue weighted by molar-refractivity contribution is 7.92. The standard InChI is InChI=1S/C34H34Cl3N3O4S/c1-23(2)38-34(42)32(20-25-10-5-4-6-11-25)39(21-26-13-18-29(36)30(37)19-26)33(41)22-40(31-12-8-7-9-24(31)3)45(43,44)28-16-14-27(35)15-17-28/h4-19,23,32H,20-22H2,1-3H3,(H,38,42)/t32-/m0/s1. The van der Waals surface area contributed by atoms with Crippen LogP contribution in [0.25, 0.3) is 0 Å². The summed E-state index contributed by atoms with van der Waals surface area (Å²) >= 11 is 18.5. The Morgan fingerprint density at radius 2 is 1.44 bits per heavy atom. The Labute approximate surface area is 279 Å². The first-order valence-electron chi connectivity index (χ1n) is 14.3. The fraction of sp³-hybridized carbons (Fsp3) is 0.235. The number of carbonyl (C=O) groups is 2. The number of benzene rings is 4. The zero-order valence-electron chi connectivity index (χ0n) is 25.1. The molecule has 236 valence electrons. The molecule has 0 aromatic heterocycles. The molecule has 0 aliphatic heterocycles. The predicted octanol–water partition coefficient (Wildman–Crippen LogP) is 7.32. The average molecular weight is 687 g/mol. The molecule has 0 unspecified atom stereocenters. The molecule has 0 fully saturated rings. The number of aryl methyl sites for hydroxylation is 1. The van der Waals surface area contributed by atoms with E-state index in [2.05, 4.69) is 5.32 Å². The second-order valence-electron chi connectivity index (χ2n) is 10.9. The van der Waals surface area contributed by atoms with Crippen LogP contribution in [0, 0.1) is 6.92 Å². The van der Waals surface area contributed by atoms with Crippen molar-refractivity contribution in [1.29, 1.82) is 0 Å². The number of sulfonamides is 1. The van der Waals surface area contributed by atoms with Crippen molar-refractivity contribution >= 4 is 62.3 Å². The molecule has 0 spiro atoms. The number of para-hydroxylation sites is 1. The van der Waals surface area contributed by atoms with Crippen molar-refractivity contribution in [2.45, 2.75) is 50.7 Å². The van der Waals surface area contributed by atoms with E-state index in [4.69, 9.17) is 34.8 Å². The highest BCUT2D eigenvalue weighted by Crippen LogP contribution is 2.29. The number of halogens is 3. The van der Waals surface area contributed by atoms with Gasteiger partial charge in [0.05, 0.1) is 20.6 Å². The molecule has 0 aliphatic rings. The lowest BCUT2D eigenvalue weighted by Crippen LogP contribution is -2.54. The Morgan fingerprint density at radius 3 is 2.07 bits per heavy atom. The minimum Gasteiger partial charge on any atom is -0.352 e. The summed E-state index contributed by atoms with van der Waals surface area (Å²) in [5, 5.41) is 3.95. The van der Waals surface area contributed by atoms with E-state index in [1.165, 1.54) is 29.2 Å². The molecule has 0 aliphatic carbocycles. The summed E-state index contributed by atoms with van der Waals surface area (Å²) in [5.41, 5.74) is 2.44. The summed E-state index contributed by atoms with van der Waals surface area (Å²) in [5.74, 6) is -0.952. The summed E-state index contributed by atoms with van der Waals surface area (Å²) in [6.07, 6.45) is 0.195. The smallest absolute Gasteiger partial charge is 0.264 e. The van der Waals surface area contributed by atoms with Gasteiger partial charge in [-0.05, 0) is 79.9 Å². The van der Waals surface area contributed by atoms with Crippen LogP contribution in [0.1, 0.15) is 30.5 Å². The third-order valence-electron chi connectivity index (χ3n) is 7.10. The molecule has 4 aromatic rings. The van der Waals surface area contributed by atoms with E-state index in [-0.39, 0.29) is 29.8 Å². The van der Waals surface area contributed by atoms with Crippen LogP contribution in [0.5, 0.6) is 0 Å². The summed E-state index contributed by atoms with van der Waals surface area (Å²) in [4.78, 5) is 29.7. The van der Waals surface area contributed by atoms with Crippen LogP contribution < -0.4 is 9.62 Å². The number of amides is 2. The van der Waals surface area contributed by atoms with Crippen molar-refractivity contribution in [3.63, 3.8) is 0 Å². The first kappa shape index (κ1) is 34.3. The van der Waals surface area contributed by atoms with Crippen LogP contribution in [0.4, 0.5) is 5.69 Å². The third kappa shape index (κ3) is 8.79. The number of carbonyl (C=O) groups excluding carboxylic acids is 2. The van der Waals surface area contributed by atoms with Gasteiger partial charge < -0.3 is 10.2 Å². The fourth-order valence-corrected chi connectivity index (χ4v) is 6.79.